The van der Waals surface area contributed by atoms with Gasteiger partial charge in [0.25, 0.3) is 0 Å². The molecule has 4 nitrogen and oxygen atoms in total. The Morgan fingerprint density at radius 1 is 1.50 bits per heavy atom. The molecule has 0 spiro atoms. The lowest BCUT2D eigenvalue weighted by Crippen LogP contribution is -2.43. The lowest BCUT2D eigenvalue weighted by Gasteiger charge is -2.29. The summed E-state index contributed by atoms with van der Waals surface area (Å²) in [5.74, 6) is -0.0846. The molecule has 88 valence electrons. The first-order chi connectivity index (χ1) is 7.53. The van der Waals surface area contributed by atoms with Gasteiger partial charge >= 0.3 is 0 Å². The second-order valence-corrected chi connectivity index (χ2v) is 4.30. The average Bonchev–Trinajstić information content (AvgIpc) is 2.59. The van der Waals surface area contributed by atoms with E-state index in [1.165, 1.54) is 0 Å². The van der Waals surface area contributed by atoms with Gasteiger partial charge in [-0.25, -0.2) is 0 Å². The standard InChI is InChI=1S/C12H18N2O2/c1-4-6-14(7-5-2)11(16)12(3)8-10(15)13-9-12/h4-5H,1-2,6-9H2,3H3,(H,13,15). The third-order valence-corrected chi connectivity index (χ3v) is 2.73. The molecular weight excluding hydrogens is 204 g/mol. The Hall–Kier alpha value is -1.58. The average molecular weight is 222 g/mol. The molecule has 1 heterocycles. The third kappa shape index (κ3) is 2.51. The highest BCUT2D eigenvalue weighted by molar-refractivity contribution is 5.92. The number of carbonyl (C=O) groups is 2. The first kappa shape index (κ1) is 12.5. The van der Waals surface area contributed by atoms with Crippen LogP contribution in [0.15, 0.2) is 25.3 Å². The van der Waals surface area contributed by atoms with E-state index in [1.54, 1.807) is 17.1 Å². The molecule has 1 N–H and O–H groups in total. The Morgan fingerprint density at radius 3 is 2.44 bits per heavy atom. The summed E-state index contributed by atoms with van der Waals surface area (Å²) in [6, 6.07) is 0. The molecule has 0 aromatic rings. The number of hydrogen-bond acceptors (Lipinski definition) is 2. The molecule has 0 radical (unpaired) electrons. The first-order valence-electron chi connectivity index (χ1n) is 5.31. The van der Waals surface area contributed by atoms with E-state index < -0.39 is 5.41 Å². The normalized spacial score (nSPS) is 23.7. The van der Waals surface area contributed by atoms with Gasteiger partial charge in [0.1, 0.15) is 0 Å². The summed E-state index contributed by atoms with van der Waals surface area (Å²) < 4.78 is 0. The van der Waals surface area contributed by atoms with Gasteiger partial charge in [-0.2, -0.15) is 0 Å². The summed E-state index contributed by atoms with van der Waals surface area (Å²) in [6.45, 7) is 10.4. The van der Waals surface area contributed by atoms with Gasteiger partial charge in [0.2, 0.25) is 11.8 Å². The van der Waals surface area contributed by atoms with Gasteiger partial charge < -0.3 is 10.2 Å². The van der Waals surface area contributed by atoms with Gasteiger partial charge in [-0.1, -0.05) is 12.2 Å². The number of hydrogen-bond donors (Lipinski definition) is 1. The SMILES string of the molecule is C=CCN(CC=C)C(=O)C1(C)CNC(=O)C1. The van der Waals surface area contributed by atoms with Gasteiger partial charge in [0, 0.05) is 26.1 Å². The molecule has 0 bridgehead atoms. The van der Waals surface area contributed by atoms with E-state index in [0.717, 1.165) is 0 Å². The van der Waals surface area contributed by atoms with Crippen LogP contribution < -0.4 is 5.32 Å². The lowest BCUT2D eigenvalue weighted by atomic mass is 9.88. The molecule has 1 fully saturated rings. The Balaban J connectivity index is 2.76. The minimum atomic E-state index is -0.622. The summed E-state index contributed by atoms with van der Waals surface area (Å²) in [7, 11) is 0. The summed E-state index contributed by atoms with van der Waals surface area (Å²) in [5.41, 5.74) is -0.622. The van der Waals surface area contributed by atoms with Gasteiger partial charge in [-0.3, -0.25) is 9.59 Å². The van der Waals surface area contributed by atoms with Crippen molar-refractivity contribution >= 4 is 11.8 Å². The van der Waals surface area contributed by atoms with Crippen molar-refractivity contribution in [3.63, 3.8) is 0 Å². The van der Waals surface area contributed by atoms with Crippen LogP contribution in [-0.4, -0.2) is 36.3 Å². The minimum Gasteiger partial charge on any atom is -0.355 e. The van der Waals surface area contributed by atoms with Crippen LogP contribution in [0.4, 0.5) is 0 Å². The zero-order valence-corrected chi connectivity index (χ0v) is 9.66. The number of rotatable bonds is 5. The first-order valence-corrected chi connectivity index (χ1v) is 5.31. The van der Waals surface area contributed by atoms with Gasteiger partial charge in [0.15, 0.2) is 0 Å². The zero-order valence-electron chi connectivity index (χ0n) is 9.66. The summed E-state index contributed by atoms with van der Waals surface area (Å²) in [6.07, 6.45) is 3.61. The van der Waals surface area contributed by atoms with E-state index >= 15 is 0 Å². The second-order valence-electron chi connectivity index (χ2n) is 4.30. The number of carbonyl (C=O) groups excluding carboxylic acids is 2. The largest absolute Gasteiger partial charge is 0.355 e. The number of amides is 2. The molecule has 4 heteroatoms. The van der Waals surface area contributed by atoms with E-state index in [-0.39, 0.29) is 18.2 Å². The highest BCUT2D eigenvalue weighted by Crippen LogP contribution is 2.27. The van der Waals surface area contributed by atoms with Crippen molar-refractivity contribution in [1.29, 1.82) is 0 Å². The van der Waals surface area contributed by atoms with Crippen molar-refractivity contribution in [2.24, 2.45) is 5.41 Å². The van der Waals surface area contributed by atoms with Gasteiger partial charge in [0.05, 0.1) is 5.41 Å². The predicted octanol–water partition coefficient (Wildman–Crippen LogP) is 0.713. The summed E-state index contributed by atoms with van der Waals surface area (Å²) >= 11 is 0. The summed E-state index contributed by atoms with van der Waals surface area (Å²) in [5, 5.41) is 2.69. The van der Waals surface area contributed by atoms with Crippen LogP contribution in [0.2, 0.25) is 0 Å². The molecule has 1 saturated heterocycles. The molecule has 0 saturated carbocycles. The number of nitrogens with zero attached hydrogens (tertiary/aromatic N) is 1. The quantitative estimate of drug-likeness (QED) is 0.697. The monoisotopic (exact) mass is 222 g/mol. The molecule has 1 unspecified atom stereocenters. The Kier molecular flexibility index (Phi) is 3.88. The van der Waals surface area contributed by atoms with Crippen molar-refractivity contribution in [3.8, 4) is 0 Å². The maximum atomic E-state index is 12.2. The van der Waals surface area contributed by atoms with E-state index in [4.69, 9.17) is 0 Å². The van der Waals surface area contributed by atoms with Crippen molar-refractivity contribution in [2.45, 2.75) is 13.3 Å². The summed E-state index contributed by atoms with van der Waals surface area (Å²) in [4.78, 5) is 25.1. The van der Waals surface area contributed by atoms with Crippen molar-refractivity contribution in [3.05, 3.63) is 25.3 Å². The van der Waals surface area contributed by atoms with Crippen LogP contribution in [0.1, 0.15) is 13.3 Å². The predicted molar refractivity (Wildman–Crippen MR) is 62.7 cm³/mol. The molecule has 1 atom stereocenters. The fourth-order valence-electron chi connectivity index (χ4n) is 1.86. The van der Waals surface area contributed by atoms with E-state index in [1.807, 2.05) is 6.92 Å². The molecule has 1 aliphatic rings. The Morgan fingerprint density at radius 2 is 2.06 bits per heavy atom. The molecule has 1 aliphatic heterocycles. The van der Waals surface area contributed by atoms with Crippen molar-refractivity contribution in [1.82, 2.24) is 10.2 Å². The zero-order chi connectivity index (χ0) is 12.2. The Bertz CT molecular complexity index is 315. The highest BCUT2D eigenvalue weighted by Gasteiger charge is 2.42. The Labute approximate surface area is 96.0 Å². The molecule has 0 aromatic carbocycles. The fourth-order valence-corrected chi connectivity index (χ4v) is 1.86. The van der Waals surface area contributed by atoms with Crippen molar-refractivity contribution in [2.75, 3.05) is 19.6 Å². The van der Waals surface area contributed by atoms with Crippen LogP contribution >= 0.6 is 0 Å². The van der Waals surface area contributed by atoms with E-state index in [9.17, 15) is 9.59 Å². The maximum Gasteiger partial charge on any atom is 0.231 e. The minimum absolute atomic E-state index is 0.0225. The van der Waals surface area contributed by atoms with Crippen molar-refractivity contribution < 1.29 is 9.59 Å². The lowest BCUT2D eigenvalue weighted by molar-refractivity contribution is -0.140. The smallest absolute Gasteiger partial charge is 0.231 e. The van der Waals surface area contributed by atoms with Gasteiger partial charge in [-0.05, 0) is 6.92 Å². The molecule has 16 heavy (non-hydrogen) atoms. The molecular formula is C12H18N2O2. The molecule has 0 aliphatic carbocycles. The maximum absolute atomic E-state index is 12.2. The highest BCUT2D eigenvalue weighted by atomic mass is 16.2. The second kappa shape index (κ2) is 4.96. The van der Waals surface area contributed by atoms with Gasteiger partial charge in [-0.15, -0.1) is 13.2 Å². The molecule has 1 rings (SSSR count). The van der Waals surface area contributed by atoms with Crippen LogP contribution in [0.25, 0.3) is 0 Å². The topological polar surface area (TPSA) is 49.4 Å². The fraction of sp³-hybridized carbons (Fsp3) is 0.500. The van der Waals surface area contributed by atoms with Crippen LogP contribution in [-0.2, 0) is 9.59 Å². The molecule has 2 amide bonds. The van der Waals surface area contributed by atoms with Crippen LogP contribution in [0.3, 0.4) is 0 Å². The third-order valence-electron chi connectivity index (χ3n) is 2.73. The number of nitrogens with one attached hydrogen (secondary N) is 1. The van der Waals surface area contributed by atoms with Crippen LogP contribution in [0.5, 0.6) is 0 Å². The molecule has 0 aromatic heterocycles. The van der Waals surface area contributed by atoms with E-state index in [0.29, 0.717) is 19.6 Å². The van der Waals surface area contributed by atoms with Crippen LogP contribution in [0, 0.1) is 5.41 Å². The van der Waals surface area contributed by atoms with E-state index in [2.05, 4.69) is 18.5 Å².